The summed E-state index contributed by atoms with van der Waals surface area (Å²) in [6.07, 6.45) is 1.29. The van der Waals surface area contributed by atoms with Crippen LogP contribution in [0.5, 0.6) is 5.75 Å². The minimum atomic E-state index is 0.117. The molecule has 0 unspecified atom stereocenters. The Morgan fingerprint density at radius 2 is 2.03 bits per heavy atom. The van der Waals surface area contributed by atoms with Gasteiger partial charge in [-0.25, -0.2) is 4.98 Å². The fourth-order valence-electron chi connectivity index (χ4n) is 3.87. The highest BCUT2D eigenvalue weighted by Crippen LogP contribution is 2.33. The van der Waals surface area contributed by atoms with E-state index in [0.29, 0.717) is 18.0 Å². The third kappa shape index (κ3) is 6.64. The first-order valence-electron chi connectivity index (χ1n) is 11.5. The van der Waals surface area contributed by atoms with Crippen LogP contribution >= 0.6 is 34.7 Å². The van der Waals surface area contributed by atoms with Crippen molar-refractivity contribution in [2.45, 2.75) is 24.7 Å². The Bertz CT molecular complexity index is 1100. The minimum Gasteiger partial charge on any atom is -0.497 e. The smallest absolute Gasteiger partial charge is 0.228 e. The average molecular weight is 520 g/mol. The summed E-state index contributed by atoms with van der Waals surface area (Å²) >= 11 is 9.55. The molecule has 0 saturated carbocycles. The van der Waals surface area contributed by atoms with Gasteiger partial charge in [0.2, 0.25) is 5.91 Å². The monoisotopic (exact) mass is 519 g/mol. The van der Waals surface area contributed by atoms with Gasteiger partial charge in [-0.1, -0.05) is 22.9 Å². The number of hydrogen-bond donors (Lipinski definition) is 0. The number of thioether (sulfide) groups is 1. The number of ether oxygens (including phenoxy) is 2. The predicted octanol–water partition coefficient (Wildman–Crippen LogP) is 5.50. The van der Waals surface area contributed by atoms with Gasteiger partial charge in [-0.05, 0) is 61.1 Å². The lowest BCUT2D eigenvalue weighted by Gasteiger charge is -2.29. The van der Waals surface area contributed by atoms with Crippen molar-refractivity contribution < 1.29 is 14.3 Å². The zero-order valence-corrected chi connectivity index (χ0v) is 22.0. The molecule has 1 aromatic heterocycles. The van der Waals surface area contributed by atoms with Gasteiger partial charge < -0.3 is 9.47 Å². The summed E-state index contributed by atoms with van der Waals surface area (Å²) in [6.45, 7) is 6.73. The molecule has 2 heterocycles. The molecule has 0 radical (unpaired) electrons. The number of fused-ring (bicyclic) bond motifs is 1. The van der Waals surface area contributed by atoms with Gasteiger partial charge in [0.05, 0.1) is 30.5 Å². The van der Waals surface area contributed by atoms with Crippen LogP contribution in [0.1, 0.15) is 18.4 Å². The molecule has 1 saturated heterocycles. The maximum absolute atomic E-state index is 13.3. The molecule has 1 amide bonds. The topological polar surface area (TPSA) is 54.9 Å². The highest BCUT2D eigenvalue weighted by molar-refractivity contribution is 7.99. The molecule has 0 bridgehead atoms. The number of hydrogen-bond acceptors (Lipinski definition) is 7. The van der Waals surface area contributed by atoms with Crippen molar-refractivity contribution in [3.8, 4) is 5.75 Å². The van der Waals surface area contributed by atoms with Crippen LogP contribution in [0.25, 0.3) is 10.2 Å². The minimum absolute atomic E-state index is 0.117. The molecule has 182 valence electrons. The summed E-state index contributed by atoms with van der Waals surface area (Å²) in [4.78, 5) is 23.6. The molecule has 34 heavy (non-hydrogen) atoms. The number of amides is 1. The molecule has 4 rings (SSSR count). The number of carbonyl (C=O) groups is 1. The summed E-state index contributed by atoms with van der Waals surface area (Å²) < 4.78 is 11.7. The lowest BCUT2D eigenvalue weighted by atomic mass is 10.2. The molecule has 0 atom stereocenters. The number of aryl methyl sites for hydroxylation is 1. The van der Waals surface area contributed by atoms with Crippen molar-refractivity contribution in [2.24, 2.45) is 0 Å². The third-order valence-electron chi connectivity index (χ3n) is 5.78. The average Bonchev–Trinajstić information content (AvgIpc) is 3.27. The largest absolute Gasteiger partial charge is 0.497 e. The van der Waals surface area contributed by atoms with Gasteiger partial charge in [-0.15, -0.1) is 11.8 Å². The molecule has 2 aromatic carbocycles. The SMILES string of the molecule is COc1ccc(SCCCC(=O)N(CCN2CCOCC2)c2nc3c(C)cc(Cl)cc3s2)cc1. The van der Waals surface area contributed by atoms with Gasteiger partial charge in [-0.3, -0.25) is 14.6 Å². The van der Waals surface area contributed by atoms with E-state index in [9.17, 15) is 4.79 Å². The maximum atomic E-state index is 13.3. The number of halogens is 1. The number of nitrogens with zero attached hydrogens (tertiary/aromatic N) is 3. The van der Waals surface area contributed by atoms with Crippen LogP contribution in [0.15, 0.2) is 41.3 Å². The van der Waals surface area contributed by atoms with Crippen LogP contribution in [0.3, 0.4) is 0 Å². The van der Waals surface area contributed by atoms with E-state index < -0.39 is 0 Å². The molecule has 0 aliphatic carbocycles. The molecule has 0 spiro atoms. The number of aromatic nitrogens is 1. The zero-order chi connectivity index (χ0) is 23.9. The quantitative estimate of drug-likeness (QED) is 0.260. The summed E-state index contributed by atoms with van der Waals surface area (Å²) in [5.74, 6) is 1.85. The van der Waals surface area contributed by atoms with Crippen molar-refractivity contribution in [3.05, 3.63) is 47.0 Å². The number of morpholine rings is 1. The number of methoxy groups -OCH3 is 1. The lowest BCUT2D eigenvalue weighted by molar-refractivity contribution is -0.118. The second-order valence-electron chi connectivity index (χ2n) is 8.19. The van der Waals surface area contributed by atoms with Crippen LogP contribution in [0, 0.1) is 6.92 Å². The van der Waals surface area contributed by atoms with Crippen LogP contribution in [0.2, 0.25) is 5.02 Å². The highest BCUT2D eigenvalue weighted by Gasteiger charge is 2.22. The van der Waals surface area contributed by atoms with Gasteiger partial charge in [0.15, 0.2) is 5.13 Å². The van der Waals surface area contributed by atoms with E-state index in [1.807, 2.05) is 36.1 Å². The predicted molar refractivity (Wildman–Crippen MR) is 142 cm³/mol. The molecule has 0 N–H and O–H groups in total. The first kappa shape index (κ1) is 25.3. The fourth-order valence-corrected chi connectivity index (χ4v) is 6.19. The van der Waals surface area contributed by atoms with E-state index in [2.05, 4.69) is 17.0 Å². The van der Waals surface area contributed by atoms with Gasteiger partial charge in [-0.2, -0.15) is 0 Å². The summed E-state index contributed by atoms with van der Waals surface area (Å²) in [6, 6.07) is 11.9. The van der Waals surface area contributed by atoms with E-state index in [-0.39, 0.29) is 5.91 Å². The highest BCUT2D eigenvalue weighted by atomic mass is 35.5. The van der Waals surface area contributed by atoms with Crippen LogP contribution in [-0.2, 0) is 9.53 Å². The molecule has 9 heteroatoms. The van der Waals surface area contributed by atoms with Gasteiger partial charge >= 0.3 is 0 Å². The summed E-state index contributed by atoms with van der Waals surface area (Å²) in [5, 5.41) is 1.45. The number of anilines is 1. The van der Waals surface area contributed by atoms with Crippen molar-refractivity contribution in [1.82, 2.24) is 9.88 Å². The Labute approximate surface area is 214 Å². The second-order valence-corrected chi connectivity index (χ2v) is 10.8. The first-order chi connectivity index (χ1) is 16.5. The molecule has 3 aromatic rings. The molecule has 1 aliphatic rings. The number of thiazole rings is 1. The summed E-state index contributed by atoms with van der Waals surface area (Å²) in [5.41, 5.74) is 1.95. The molecular weight excluding hydrogens is 490 g/mol. The Hall–Kier alpha value is -1.84. The van der Waals surface area contributed by atoms with E-state index in [1.165, 1.54) is 16.2 Å². The fraction of sp³-hybridized carbons (Fsp3) is 0.440. The van der Waals surface area contributed by atoms with Crippen molar-refractivity contribution in [2.75, 3.05) is 57.2 Å². The first-order valence-corrected chi connectivity index (χ1v) is 13.7. The van der Waals surface area contributed by atoms with Gasteiger partial charge in [0, 0.05) is 42.5 Å². The maximum Gasteiger partial charge on any atom is 0.228 e. The molecule has 6 nitrogen and oxygen atoms in total. The summed E-state index contributed by atoms with van der Waals surface area (Å²) in [7, 11) is 1.67. The molecule has 1 aliphatic heterocycles. The number of carbonyl (C=O) groups excluding carboxylic acids is 1. The Kier molecular flexibility index (Phi) is 9.08. The third-order valence-corrected chi connectivity index (χ3v) is 8.12. The number of benzene rings is 2. The van der Waals surface area contributed by atoms with Crippen LogP contribution in [-0.4, -0.2) is 68.0 Å². The van der Waals surface area contributed by atoms with Crippen LogP contribution in [0.4, 0.5) is 5.13 Å². The van der Waals surface area contributed by atoms with Gasteiger partial charge in [0.1, 0.15) is 5.75 Å². The van der Waals surface area contributed by atoms with Crippen LogP contribution < -0.4 is 9.64 Å². The Balaban J connectivity index is 1.41. The van der Waals surface area contributed by atoms with E-state index in [1.54, 1.807) is 18.9 Å². The standard InChI is InChI=1S/C25H30ClN3O3S2/c1-18-16-19(26)17-22-24(18)27-25(34-22)29(10-9-28-11-13-32-14-12-28)23(30)4-3-15-33-21-7-5-20(31-2)6-8-21/h5-8,16-17H,3-4,9-15H2,1-2H3. The zero-order valence-electron chi connectivity index (χ0n) is 19.6. The lowest BCUT2D eigenvalue weighted by Crippen LogP contribution is -2.43. The number of rotatable bonds is 10. The Morgan fingerprint density at radius 3 is 2.76 bits per heavy atom. The van der Waals surface area contributed by atoms with Crippen molar-refractivity contribution >= 4 is 56.0 Å². The van der Waals surface area contributed by atoms with Crippen molar-refractivity contribution in [3.63, 3.8) is 0 Å². The Morgan fingerprint density at radius 1 is 1.26 bits per heavy atom. The molecule has 1 fully saturated rings. The molecular formula is C25H30ClN3O3S2. The van der Waals surface area contributed by atoms with Crippen molar-refractivity contribution in [1.29, 1.82) is 0 Å². The second kappa shape index (κ2) is 12.2. The van der Waals surface area contributed by atoms with E-state index >= 15 is 0 Å². The van der Waals surface area contributed by atoms with E-state index in [4.69, 9.17) is 26.1 Å². The van der Waals surface area contributed by atoms with E-state index in [0.717, 1.165) is 71.7 Å². The normalized spacial score (nSPS) is 14.4. The van der Waals surface area contributed by atoms with Gasteiger partial charge in [0.25, 0.3) is 0 Å².